The van der Waals surface area contributed by atoms with Gasteiger partial charge < -0.3 is 10.6 Å². The zero-order valence-corrected chi connectivity index (χ0v) is 16.2. The van der Waals surface area contributed by atoms with E-state index in [2.05, 4.69) is 53.1 Å². The Bertz CT molecular complexity index is 465. The summed E-state index contributed by atoms with van der Waals surface area (Å²) in [5.74, 6) is 0.915. The fourth-order valence-corrected chi connectivity index (χ4v) is 3.48. The molecule has 0 radical (unpaired) electrons. The minimum atomic E-state index is 0. The first-order valence-electron chi connectivity index (χ1n) is 7.26. The number of hydrogen-bond donors (Lipinski definition) is 2. The highest BCUT2D eigenvalue weighted by Crippen LogP contribution is 2.27. The van der Waals surface area contributed by atoms with Crippen molar-refractivity contribution in [3.8, 4) is 0 Å². The standard InChI is InChI=1S/C16H25N3S.HI/c1-12-5-4-6-13(9-12)11-18-16(17-2)19-14-7-8-15(10-14)20-3;/h4-6,9,14-15H,7-8,10-11H2,1-3H3,(H2,17,18,19);1H. The fraction of sp³-hybridized carbons (Fsp3) is 0.562. The van der Waals surface area contributed by atoms with Gasteiger partial charge in [0, 0.05) is 24.9 Å². The molecule has 2 atom stereocenters. The summed E-state index contributed by atoms with van der Waals surface area (Å²) in [7, 11) is 1.84. The predicted molar refractivity (Wildman–Crippen MR) is 105 cm³/mol. The van der Waals surface area contributed by atoms with Crippen molar-refractivity contribution in [2.45, 2.75) is 44.0 Å². The number of nitrogens with one attached hydrogen (secondary N) is 2. The number of halogens is 1. The van der Waals surface area contributed by atoms with Crippen molar-refractivity contribution in [1.82, 2.24) is 10.6 Å². The number of aliphatic imine (C=N–C) groups is 1. The summed E-state index contributed by atoms with van der Waals surface area (Å²) in [6, 6.07) is 9.14. The van der Waals surface area contributed by atoms with Crippen LogP contribution in [0.15, 0.2) is 29.3 Å². The maximum Gasteiger partial charge on any atom is 0.191 e. The van der Waals surface area contributed by atoms with Crippen LogP contribution in [0.1, 0.15) is 30.4 Å². The third kappa shape index (κ3) is 6.06. The Morgan fingerprint density at radius 1 is 1.38 bits per heavy atom. The Labute approximate surface area is 149 Å². The number of benzene rings is 1. The van der Waals surface area contributed by atoms with Crippen molar-refractivity contribution in [2.75, 3.05) is 13.3 Å². The van der Waals surface area contributed by atoms with Crippen molar-refractivity contribution in [3.63, 3.8) is 0 Å². The van der Waals surface area contributed by atoms with Gasteiger partial charge in [0.25, 0.3) is 0 Å². The van der Waals surface area contributed by atoms with Gasteiger partial charge in [-0.15, -0.1) is 24.0 Å². The van der Waals surface area contributed by atoms with Crippen molar-refractivity contribution in [3.05, 3.63) is 35.4 Å². The lowest BCUT2D eigenvalue weighted by Crippen LogP contribution is -2.42. The molecule has 118 valence electrons. The minimum Gasteiger partial charge on any atom is -0.354 e. The van der Waals surface area contributed by atoms with Crippen molar-refractivity contribution in [2.24, 2.45) is 4.99 Å². The normalized spacial score (nSPS) is 21.8. The molecule has 3 nitrogen and oxygen atoms in total. The molecule has 0 amide bonds. The summed E-state index contributed by atoms with van der Waals surface area (Å²) < 4.78 is 0. The minimum absolute atomic E-state index is 0. The molecule has 1 aromatic carbocycles. The molecule has 0 bridgehead atoms. The van der Waals surface area contributed by atoms with Crippen LogP contribution in [0.5, 0.6) is 0 Å². The Kier molecular flexibility index (Phi) is 8.48. The fourth-order valence-electron chi connectivity index (χ4n) is 2.68. The van der Waals surface area contributed by atoms with E-state index in [1.807, 2.05) is 18.8 Å². The average molecular weight is 419 g/mol. The molecule has 1 saturated carbocycles. The van der Waals surface area contributed by atoms with Crippen molar-refractivity contribution < 1.29 is 0 Å². The second kappa shape index (κ2) is 9.56. The molecule has 5 heteroatoms. The average Bonchev–Trinajstić information content (AvgIpc) is 2.91. The monoisotopic (exact) mass is 419 g/mol. The molecule has 2 rings (SSSR count). The van der Waals surface area contributed by atoms with E-state index in [1.54, 1.807) is 0 Å². The van der Waals surface area contributed by atoms with Gasteiger partial charge >= 0.3 is 0 Å². The molecule has 0 heterocycles. The quantitative estimate of drug-likeness (QED) is 0.445. The van der Waals surface area contributed by atoms with Gasteiger partial charge in [0.05, 0.1) is 0 Å². The topological polar surface area (TPSA) is 36.4 Å². The number of hydrogen-bond acceptors (Lipinski definition) is 2. The third-order valence-corrected chi connectivity index (χ3v) is 4.92. The molecule has 1 fully saturated rings. The summed E-state index contributed by atoms with van der Waals surface area (Å²) in [6.07, 6.45) is 6.01. The van der Waals surface area contributed by atoms with Gasteiger partial charge in [-0.3, -0.25) is 4.99 Å². The largest absolute Gasteiger partial charge is 0.354 e. The highest BCUT2D eigenvalue weighted by atomic mass is 127. The van der Waals surface area contributed by atoms with Crippen LogP contribution in [0, 0.1) is 6.92 Å². The van der Waals surface area contributed by atoms with E-state index in [4.69, 9.17) is 0 Å². The van der Waals surface area contributed by atoms with Gasteiger partial charge in [0.15, 0.2) is 5.96 Å². The smallest absolute Gasteiger partial charge is 0.191 e. The Morgan fingerprint density at radius 2 is 2.19 bits per heavy atom. The molecule has 0 spiro atoms. The van der Waals surface area contributed by atoms with Gasteiger partial charge in [0.1, 0.15) is 0 Å². The number of rotatable bonds is 4. The van der Waals surface area contributed by atoms with E-state index in [1.165, 1.54) is 30.4 Å². The van der Waals surface area contributed by atoms with E-state index in [0.717, 1.165) is 17.8 Å². The van der Waals surface area contributed by atoms with Crippen LogP contribution in [0.3, 0.4) is 0 Å². The number of nitrogens with zero attached hydrogens (tertiary/aromatic N) is 1. The molecular formula is C16H26IN3S. The van der Waals surface area contributed by atoms with Gasteiger partial charge in [-0.1, -0.05) is 29.8 Å². The van der Waals surface area contributed by atoms with E-state index < -0.39 is 0 Å². The summed E-state index contributed by atoms with van der Waals surface area (Å²) in [5.41, 5.74) is 2.59. The van der Waals surface area contributed by atoms with E-state index in [9.17, 15) is 0 Å². The van der Waals surface area contributed by atoms with E-state index in [-0.39, 0.29) is 24.0 Å². The molecule has 0 saturated heterocycles. The third-order valence-electron chi connectivity index (χ3n) is 3.82. The lowest BCUT2D eigenvalue weighted by molar-refractivity contribution is 0.614. The van der Waals surface area contributed by atoms with Gasteiger partial charge in [-0.25, -0.2) is 0 Å². The first-order valence-corrected chi connectivity index (χ1v) is 8.55. The second-order valence-electron chi connectivity index (χ2n) is 5.43. The van der Waals surface area contributed by atoms with Crippen LogP contribution in [-0.4, -0.2) is 30.6 Å². The molecule has 2 unspecified atom stereocenters. The highest BCUT2D eigenvalue weighted by Gasteiger charge is 2.24. The summed E-state index contributed by atoms with van der Waals surface area (Å²) >= 11 is 1.98. The van der Waals surface area contributed by atoms with Crippen LogP contribution in [0.2, 0.25) is 0 Å². The van der Waals surface area contributed by atoms with Gasteiger partial charge in [-0.05, 0) is 38.0 Å². The molecule has 2 N–H and O–H groups in total. The Balaban J connectivity index is 0.00000220. The second-order valence-corrected chi connectivity index (χ2v) is 6.56. The zero-order valence-electron chi connectivity index (χ0n) is 13.1. The van der Waals surface area contributed by atoms with Crippen LogP contribution < -0.4 is 10.6 Å². The van der Waals surface area contributed by atoms with Crippen LogP contribution >= 0.6 is 35.7 Å². The Hall–Kier alpha value is -0.430. The maximum absolute atomic E-state index is 4.33. The number of guanidine groups is 1. The maximum atomic E-state index is 4.33. The zero-order chi connectivity index (χ0) is 14.4. The summed E-state index contributed by atoms with van der Waals surface area (Å²) in [6.45, 7) is 2.94. The predicted octanol–water partition coefficient (Wildman–Crippen LogP) is 3.56. The molecule has 21 heavy (non-hydrogen) atoms. The van der Waals surface area contributed by atoms with Crippen LogP contribution in [0.4, 0.5) is 0 Å². The molecule has 1 aliphatic carbocycles. The molecule has 0 aromatic heterocycles. The lowest BCUT2D eigenvalue weighted by atomic mass is 10.1. The van der Waals surface area contributed by atoms with Gasteiger partial charge in [-0.2, -0.15) is 11.8 Å². The van der Waals surface area contributed by atoms with Crippen LogP contribution in [0.25, 0.3) is 0 Å². The van der Waals surface area contributed by atoms with Crippen molar-refractivity contribution in [1.29, 1.82) is 0 Å². The lowest BCUT2D eigenvalue weighted by Gasteiger charge is -2.17. The van der Waals surface area contributed by atoms with E-state index >= 15 is 0 Å². The molecule has 1 aromatic rings. The molecule has 0 aliphatic heterocycles. The summed E-state index contributed by atoms with van der Waals surface area (Å²) in [4.78, 5) is 4.33. The first kappa shape index (κ1) is 18.6. The Morgan fingerprint density at radius 3 is 2.81 bits per heavy atom. The summed E-state index contributed by atoms with van der Waals surface area (Å²) in [5, 5.41) is 7.75. The van der Waals surface area contributed by atoms with Crippen molar-refractivity contribution >= 4 is 41.7 Å². The SMILES string of the molecule is CN=C(NCc1cccc(C)c1)NC1CCC(SC)C1.I. The van der Waals surface area contributed by atoms with E-state index in [0.29, 0.717) is 6.04 Å². The first-order chi connectivity index (χ1) is 9.71. The molecule has 1 aliphatic rings. The molecular weight excluding hydrogens is 393 g/mol. The number of thioether (sulfide) groups is 1. The highest BCUT2D eigenvalue weighted by molar-refractivity contribution is 14.0. The van der Waals surface area contributed by atoms with Crippen LogP contribution in [-0.2, 0) is 6.54 Å². The number of aryl methyl sites for hydroxylation is 1. The van der Waals surface area contributed by atoms with Gasteiger partial charge in [0.2, 0.25) is 0 Å².